The van der Waals surface area contributed by atoms with Crippen LogP contribution in [0.15, 0.2) is 49.6 Å². The molecule has 0 aromatic carbocycles. The van der Waals surface area contributed by atoms with Crippen molar-refractivity contribution in [3.63, 3.8) is 0 Å². The molecule has 1 aliphatic carbocycles. The van der Waals surface area contributed by atoms with Crippen molar-refractivity contribution in [1.29, 1.82) is 0 Å². The minimum Gasteiger partial charge on any atom is -0.331 e. The van der Waals surface area contributed by atoms with E-state index in [0.29, 0.717) is 13.1 Å². The fraction of sp³-hybridized carbons (Fsp3) is 0.375. The van der Waals surface area contributed by atoms with Gasteiger partial charge in [-0.25, -0.2) is 0 Å². The summed E-state index contributed by atoms with van der Waals surface area (Å²) in [5.41, 5.74) is 0. The summed E-state index contributed by atoms with van der Waals surface area (Å²) in [6.07, 6.45) is 11.3. The molecule has 0 saturated carbocycles. The molecule has 5 aliphatic heterocycles. The highest BCUT2D eigenvalue weighted by atomic mass is 16.2. The Hall–Kier alpha value is -2.10. The zero-order chi connectivity index (χ0) is 14.3. The second-order valence-corrected chi connectivity index (χ2v) is 5.36. The first-order valence-corrected chi connectivity index (χ1v) is 6.88. The quantitative estimate of drug-likeness (QED) is 0.719. The minimum absolute atomic E-state index is 0.0818. The number of carbonyl (C=O) groups excluding carboxylic acids is 2. The molecule has 4 atom stereocenters. The molecule has 0 spiro atoms. The number of nitrogens with zero attached hydrogens (tertiary/aromatic N) is 2. The molecule has 6 rings (SSSR count). The van der Waals surface area contributed by atoms with Crippen LogP contribution in [-0.2, 0) is 9.59 Å². The van der Waals surface area contributed by atoms with E-state index in [4.69, 9.17) is 0 Å². The third-order valence-corrected chi connectivity index (χ3v) is 4.27. The fourth-order valence-electron chi connectivity index (χ4n) is 3.36. The Morgan fingerprint density at radius 1 is 0.850 bits per heavy atom. The molecule has 4 nitrogen and oxygen atoms in total. The topological polar surface area (TPSA) is 40.6 Å². The molecular formula is C16H18N2O2. The smallest absolute Gasteiger partial charge is 0.232 e. The predicted molar refractivity (Wildman–Crippen MR) is 76.7 cm³/mol. The van der Waals surface area contributed by atoms with Crippen LogP contribution in [0.5, 0.6) is 0 Å². The van der Waals surface area contributed by atoms with Gasteiger partial charge >= 0.3 is 0 Å². The van der Waals surface area contributed by atoms with Crippen LogP contribution in [0.25, 0.3) is 0 Å². The van der Waals surface area contributed by atoms with E-state index in [1.807, 2.05) is 24.3 Å². The van der Waals surface area contributed by atoms with E-state index >= 15 is 0 Å². The normalized spacial score (nSPS) is 34.4. The van der Waals surface area contributed by atoms with Crippen molar-refractivity contribution in [2.24, 2.45) is 11.8 Å². The summed E-state index contributed by atoms with van der Waals surface area (Å²) in [5, 5.41) is 0. The van der Waals surface area contributed by atoms with Gasteiger partial charge in [-0.3, -0.25) is 9.59 Å². The lowest BCUT2D eigenvalue weighted by atomic mass is 9.78. The van der Waals surface area contributed by atoms with Crippen molar-refractivity contribution >= 4 is 11.8 Å². The lowest BCUT2D eigenvalue weighted by Gasteiger charge is -2.49. The van der Waals surface area contributed by atoms with Crippen LogP contribution in [0.3, 0.4) is 0 Å². The van der Waals surface area contributed by atoms with Gasteiger partial charge in [-0.2, -0.15) is 0 Å². The molecule has 6 aliphatic rings. The lowest BCUT2D eigenvalue weighted by molar-refractivity contribution is -0.149. The summed E-state index contributed by atoms with van der Waals surface area (Å²) in [6, 6.07) is -0.400. The van der Waals surface area contributed by atoms with Crippen LogP contribution in [-0.4, -0.2) is 46.8 Å². The highest BCUT2D eigenvalue weighted by Gasteiger charge is 2.48. The molecule has 0 radical (unpaired) electrons. The second kappa shape index (κ2) is 4.78. The van der Waals surface area contributed by atoms with Crippen LogP contribution in [0.4, 0.5) is 0 Å². The first kappa shape index (κ1) is 12.9. The van der Waals surface area contributed by atoms with Crippen molar-refractivity contribution in [2.75, 3.05) is 13.1 Å². The predicted octanol–water partition coefficient (Wildman–Crippen LogP) is 1.14. The van der Waals surface area contributed by atoms with Crippen LogP contribution >= 0.6 is 0 Å². The lowest BCUT2D eigenvalue weighted by Crippen LogP contribution is -2.62. The molecule has 0 aromatic heterocycles. The Balaban J connectivity index is 2.06. The van der Waals surface area contributed by atoms with E-state index in [0.717, 1.165) is 0 Å². The van der Waals surface area contributed by atoms with Gasteiger partial charge in [-0.05, 0) is 0 Å². The van der Waals surface area contributed by atoms with E-state index in [1.54, 1.807) is 22.0 Å². The number of hydrogen-bond acceptors (Lipinski definition) is 2. The summed E-state index contributed by atoms with van der Waals surface area (Å²) < 4.78 is 0. The van der Waals surface area contributed by atoms with Gasteiger partial charge in [0.2, 0.25) is 11.8 Å². The second-order valence-electron chi connectivity index (χ2n) is 5.36. The van der Waals surface area contributed by atoms with E-state index in [2.05, 4.69) is 13.2 Å². The molecular weight excluding hydrogens is 252 g/mol. The number of carbonyl (C=O) groups is 2. The monoisotopic (exact) mass is 270 g/mol. The summed E-state index contributed by atoms with van der Waals surface area (Å²) in [4.78, 5) is 28.8. The van der Waals surface area contributed by atoms with Gasteiger partial charge in [0.25, 0.3) is 0 Å². The molecule has 4 heteroatoms. The average Bonchev–Trinajstić information content (AvgIpc) is 2.41. The molecule has 20 heavy (non-hydrogen) atoms. The van der Waals surface area contributed by atoms with Crippen molar-refractivity contribution in [1.82, 2.24) is 9.80 Å². The standard InChI is InChI=1S/C16H18N2O2/c1-3-9-17-13-7-5-12(15(17)19)14-8-6-11(13)16(20)18(14)10-4-2/h3-8,11-14H,1-2,9-10H2/t11-,12+,13+,14-. The van der Waals surface area contributed by atoms with E-state index in [-0.39, 0.29) is 35.7 Å². The van der Waals surface area contributed by atoms with Crippen molar-refractivity contribution in [3.8, 4) is 0 Å². The van der Waals surface area contributed by atoms with Crippen LogP contribution in [0.1, 0.15) is 0 Å². The minimum atomic E-state index is -0.299. The van der Waals surface area contributed by atoms with Gasteiger partial charge in [0.1, 0.15) is 0 Å². The fourth-order valence-corrected chi connectivity index (χ4v) is 3.36. The molecule has 2 amide bonds. The maximum atomic E-state index is 12.6. The number of amides is 2. The first-order valence-electron chi connectivity index (χ1n) is 6.88. The maximum absolute atomic E-state index is 12.6. The van der Waals surface area contributed by atoms with Crippen molar-refractivity contribution in [2.45, 2.75) is 12.1 Å². The van der Waals surface area contributed by atoms with Gasteiger partial charge in [0.15, 0.2) is 0 Å². The largest absolute Gasteiger partial charge is 0.331 e. The molecule has 0 aromatic rings. The molecule has 5 heterocycles. The molecule has 0 N–H and O–H groups in total. The van der Waals surface area contributed by atoms with Gasteiger partial charge in [0, 0.05) is 13.1 Å². The summed E-state index contributed by atoms with van der Waals surface area (Å²) in [7, 11) is 0. The van der Waals surface area contributed by atoms with Gasteiger partial charge in [0.05, 0.1) is 23.9 Å². The molecule has 1 fully saturated rings. The Kier molecular flexibility index (Phi) is 3.08. The van der Waals surface area contributed by atoms with E-state index in [1.165, 1.54) is 0 Å². The highest BCUT2D eigenvalue weighted by Crippen LogP contribution is 2.36. The summed E-state index contributed by atoms with van der Waals surface area (Å²) in [5.74, 6) is -0.433. The van der Waals surface area contributed by atoms with Gasteiger partial charge in [-0.15, -0.1) is 13.2 Å². The van der Waals surface area contributed by atoms with Crippen LogP contribution < -0.4 is 0 Å². The van der Waals surface area contributed by atoms with Crippen molar-refractivity contribution in [3.05, 3.63) is 49.6 Å². The first-order chi connectivity index (χ1) is 9.69. The molecule has 4 bridgehead atoms. The number of rotatable bonds is 4. The van der Waals surface area contributed by atoms with Gasteiger partial charge < -0.3 is 9.80 Å². The van der Waals surface area contributed by atoms with E-state index in [9.17, 15) is 9.59 Å². The van der Waals surface area contributed by atoms with Crippen LogP contribution in [0.2, 0.25) is 0 Å². The summed E-state index contributed by atoms with van der Waals surface area (Å²) >= 11 is 0. The number of hydrogen-bond donors (Lipinski definition) is 0. The Bertz CT molecular complexity index is 487. The van der Waals surface area contributed by atoms with Crippen molar-refractivity contribution < 1.29 is 9.59 Å². The van der Waals surface area contributed by atoms with Crippen LogP contribution in [0, 0.1) is 11.8 Å². The Labute approximate surface area is 118 Å². The third kappa shape index (κ3) is 1.68. The molecule has 1 saturated heterocycles. The Morgan fingerprint density at radius 2 is 1.25 bits per heavy atom. The van der Waals surface area contributed by atoms with E-state index < -0.39 is 0 Å². The Morgan fingerprint density at radius 3 is 1.60 bits per heavy atom. The summed E-state index contributed by atoms with van der Waals surface area (Å²) in [6.45, 7) is 8.38. The zero-order valence-corrected chi connectivity index (χ0v) is 11.3. The maximum Gasteiger partial charge on any atom is 0.232 e. The molecule has 104 valence electrons. The highest BCUT2D eigenvalue weighted by molar-refractivity contribution is 5.91. The molecule has 0 unspecified atom stereocenters. The average molecular weight is 270 g/mol. The SMILES string of the molecule is C=CCN1C(=O)[C@@H]2C=C[C@@H]1[C@@H]1C=C[C@@H]2N(CC=C)C1=O. The zero-order valence-electron chi connectivity index (χ0n) is 11.3. The van der Waals surface area contributed by atoms with Gasteiger partial charge in [-0.1, -0.05) is 36.5 Å². The third-order valence-electron chi connectivity index (χ3n) is 4.27.